The molecular formula is C42H78N8O8S2. The number of carbonyl (C=O) groups is 4. The Bertz CT molecular complexity index is 1280. The zero-order chi connectivity index (χ0) is 44.9. The Morgan fingerprint density at radius 3 is 1.28 bits per heavy atom. The Morgan fingerprint density at radius 2 is 1.00 bits per heavy atom. The molecule has 0 unspecified atom stereocenters. The van der Waals surface area contributed by atoms with Crippen LogP contribution in [0.15, 0.2) is 9.98 Å². The van der Waals surface area contributed by atoms with Gasteiger partial charge in [-0.15, -0.1) is 0 Å². The molecule has 2 fully saturated rings. The third-order valence-corrected chi connectivity index (χ3v) is 15.3. The first-order valence-corrected chi connectivity index (χ1v) is 24.2. The maximum absolute atomic E-state index is 12.4. The first kappa shape index (κ1) is 53.2. The van der Waals surface area contributed by atoms with Crippen molar-refractivity contribution in [1.29, 1.82) is 0 Å². The van der Waals surface area contributed by atoms with E-state index in [2.05, 4.69) is 55.2 Å². The summed E-state index contributed by atoms with van der Waals surface area (Å²) in [6.07, 6.45) is 7.77. The number of hydrogen-bond acceptors (Lipinski definition) is 10. The summed E-state index contributed by atoms with van der Waals surface area (Å²) in [5.41, 5.74) is 23.2. The second-order valence-corrected chi connectivity index (χ2v) is 19.2. The predicted octanol–water partition coefficient (Wildman–Crippen LogP) is 4.03. The van der Waals surface area contributed by atoms with Crippen LogP contribution in [-0.2, 0) is 28.7 Å². The van der Waals surface area contributed by atoms with E-state index >= 15 is 0 Å². The minimum atomic E-state index is -0.883. The summed E-state index contributed by atoms with van der Waals surface area (Å²) < 4.78 is 12.0. The molecule has 60 heavy (non-hydrogen) atoms. The van der Waals surface area contributed by atoms with Crippen molar-refractivity contribution in [3.05, 3.63) is 0 Å². The summed E-state index contributed by atoms with van der Waals surface area (Å²) in [7, 11) is 0. The molecular weight excluding hydrogens is 809 g/mol. The lowest BCUT2D eigenvalue weighted by atomic mass is 9.81. The number of nitrogens with one attached hydrogen (secondary N) is 2. The van der Waals surface area contributed by atoms with E-state index in [4.69, 9.17) is 32.4 Å². The van der Waals surface area contributed by atoms with Crippen LogP contribution in [0.1, 0.15) is 113 Å². The fourth-order valence-electron chi connectivity index (χ4n) is 9.58. The molecule has 12 N–H and O–H groups in total. The summed E-state index contributed by atoms with van der Waals surface area (Å²) in [5.74, 6) is -2.00. The number of carboxylic acids is 2. The fraction of sp³-hybridized carbons (Fsp3) is 0.857. The van der Waals surface area contributed by atoms with E-state index in [-0.39, 0.29) is 70.0 Å². The predicted molar refractivity (Wildman–Crippen MR) is 243 cm³/mol. The Morgan fingerprint density at radius 1 is 0.650 bits per heavy atom. The highest BCUT2D eigenvalue weighted by molar-refractivity contribution is 8.00. The molecule has 18 heteroatoms. The maximum atomic E-state index is 12.4. The van der Waals surface area contributed by atoms with Gasteiger partial charge in [0.15, 0.2) is 11.9 Å². The smallest absolute Gasteiger partial charge is 0.307 e. The van der Waals surface area contributed by atoms with Crippen molar-refractivity contribution in [2.75, 3.05) is 37.9 Å². The lowest BCUT2D eigenvalue weighted by Crippen LogP contribution is -2.50. The maximum Gasteiger partial charge on any atom is 0.307 e. The van der Waals surface area contributed by atoms with Crippen molar-refractivity contribution in [3.8, 4) is 0 Å². The number of carboxylic acid groups (broad SMARTS) is 2. The molecule has 0 aromatic carbocycles. The minimum absolute atomic E-state index is 0.0807. The van der Waals surface area contributed by atoms with Crippen LogP contribution in [0.5, 0.6) is 0 Å². The van der Waals surface area contributed by atoms with Crippen molar-refractivity contribution in [3.63, 3.8) is 0 Å². The molecule has 0 saturated heterocycles. The summed E-state index contributed by atoms with van der Waals surface area (Å²) in [6.45, 7) is 15.7. The molecule has 2 amide bonds. The SMILES string of the molecule is CCC(CC)[C@@H](NC(C)=O)[C@@H]1[C@H](SCCOCCCC(C)CCCOCCS[C@H]2[C@@H]([C@H](NC(C)=O)C(CC)CC)[C@H](N=C(N)N)C[C@@H]2C(=O)O)[C@@H](C(=O)O)C[C@H]1N=C(N)N. The molecule has 10 atom stereocenters. The zero-order valence-corrected chi connectivity index (χ0v) is 38.8. The van der Waals surface area contributed by atoms with E-state index < -0.39 is 35.9 Å². The van der Waals surface area contributed by atoms with Crippen LogP contribution in [0.4, 0.5) is 0 Å². The molecule has 0 aromatic heterocycles. The molecule has 16 nitrogen and oxygen atoms in total. The minimum Gasteiger partial charge on any atom is -0.481 e. The number of hydrogen-bond donors (Lipinski definition) is 8. The molecule has 346 valence electrons. The van der Waals surface area contributed by atoms with Crippen LogP contribution in [0, 0.1) is 41.4 Å². The van der Waals surface area contributed by atoms with Gasteiger partial charge < -0.3 is 53.3 Å². The topological polar surface area (TPSA) is 280 Å². The van der Waals surface area contributed by atoms with Crippen molar-refractivity contribution >= 4 is 59.2 Å². The average Bonchev–Trinajstić information content (AvgIpc) is 3.70. The molecule has 0 bridgehead atoms. The van der Waals surface area contributed by atoms with Crippen LogP contribution in [-0.4, -0.2) is 118 Å². The number of aliphatic carboxylic acids is 2. The van der Waals surface area contributed by atoms with Gasteiger partial charge in [-0.3, -0.25) is 19.2 Å². The Kier molecular flexibility index (Phi) is 24.7. The molecule has 2 rings (SSSR count). The highest BCUT2D eigenvalue weighted by Crippen LogP contribution is 2.47. The van der Waals surface area contributed by atoms with Crippen LogP contribution in [0.25, 0.3) is 0 Å². The van der Waals surface area contributed by atoms with E-state index in [1.807, 2.05) is 0 Å². The van der Waals surface area contributed by atoms with Gasteiger partial charge in [-0.25, -0.2) is 9.98 Å². The molecule has 0 radical (unpaired) electrons. The second kappa shape index (κ2) is 27.9. The van der Waals surface area contributed by atoms with Crippen LogP contribution in [0.3, 0.4) is 0 Å². The number of amides is 2. The number of nitrogens with zero attached hydrogens (tertiary/aromatic N) is 2. The van der Waals surface area contributed by atoms with Gasteiger partial charge in [0.2, 0.25) is 11.8 Å². The number of guanidine groups is 2. The Labute approximate surface area is 367 Å². The van der Waals surface area contributed by atoms with Gasteiger partial charge >= 0.3 is 11.9 Å². The first-order chi connectivity index (χ1) is 28.5. The number of thioether (sulfide) groups is 2. The highest BCUT2D eigenvalue weighted by Gasteiger charge is 2.53. The molecule has 2 aliphatic carbocycles. The average molecular weight is 887 g/mol. The first-order valence-electron chi connectivity index (χ1n) is 22.1. The number of ether oxygens (including phenoxy) is 2. The van der Waals surface area contributed by atoms with Gasteiger partial charge in [0.25, 0.3) is 0 Å². The van der Waals surface area contributed by atoms with Crippen molar-refractivity contribution < 1.29 is 38.9 Å². The van der Waals surface area contributed by atoms with Crippen LogP contribution >= 0.6 is 23.5 Å². The van der Waals surface area contributed by atoms with Gasteiger partial charge in [0.05, 0.1) is 37.1 Å². The van der Waals surface area contributed by atoms with Crippen molar-refractivity contribution in [2.24, 2.45) is 74.3 Å². The number of rotatable bonds is 30. The van der Waals surface area contributed by atoms with Gasteiger partial charge in [0.1, 0.15) is 0 Å². The summed E-state index contributed by atoms with van der Waals surface area (Å²) >= 11 is 3.15. The number of nitrogens with two attached hydrogens (primary N) is 4. The fourth-order valence-corrected chi connectivity index (χ4v) is 12.6. The van der Waals surface area contributed by atoms with Gasteiger partial charge in [-0.2, -0.15) is 23.5 Å². The number of carbonyl (C=O) groups excluding carboxylic acids is 2. The van der Waals surface area contributed by atoms with Crippen molar-refractivity contribution in [2.45, 2.75) is 147 Å². The molecule has 2 aliphatic rings. The second-order valence-electron chi connectivity index (χ2n) is 16.6. The summed E-state index contributed by atoms with van der Waals surface area (Å²) in [4.78, 5) is 58.5. The monoisotopic (exact) mass is 887 g/mol. The standard InChI is InChI=1S/C42H78N8O8S2/c1-8-27(9-2)35(47-25(6)51)33-31(49-41(43)44)22-29(39(53)54)37(33)59-20-18-57-16-12-14-24(5)15-13-17-58-19-21-60-38-30(40(55)56)23-32(50-42(45)46)34(38)36(48-26(7)52)28(10-3)11-4/h24,27-38H,8-23H2,1-7H3,(H,47,51)(H,48,52)(H,53,54)(H,55,56)(H4,43,44,49)(H4,45,46,50)/t29-,30-,31+,32+,33+,34+,35+,36+,37+,38+/m0/s1. The zero-order valence-electron chi connectivity index (χ0n) is 37.2. The normalized spacial score (nSPS) is 25.4. The lowest BCUT2D eigenvalue weighted by molar-refractivity contribution is -0.142. The molecule has 0 spiro atoms. The largest absolute Gasteiger partial charge is 0.481 e. The Balaban J connectivity index is 1.83. The third-order valence-electron chi connectivity index (χ3n) is 12.4. The van der Waals surface area contributed by atoms with E-state index in [0.29, 0.717) is 56.7 Å². The van der Waals surface area contributed by atoms with Crippen LogP contribution < -0.4 is 33.6 Å². The highest BCUT2D eigenvalue weighted by atomic mass is 32.2. The molecule has 0 aliphatic heterocycles. The van der Waals surface area contributed by atoms with Crippen LogP contribution in [0.2, 0.25) is 0 Å². The van der Waals surface area contributed by atoms with Crippen molar-refractivity contribution in [1.82, 2.24) is 10.6 Å². The molecule has 0 heterocycles. The molecule has 2 saturated carbocycles. The number of aliphatic imine (C=N–C) groups is 2. The van der Waals surface area contributed by atoms with E-state index in [1.165, 1.54) is 13.8 Å². The Hall–Kier alpha value is -2.96. The lowest BCUT2D eigenvalue weighted by Gasteiger charge is -2.37. The quantitative estimate of drug-likeness (QED) is 0.0288. The summed E-state index contributed by atoms with van der Waals surface area (Å²) in [5, 5.41) is 26.1. The molecule has 0 aromatic rings. The third kappa shape index (κ3) is 17.1. The van der Waals surface area contributed by atoms with E-state index in [1.54, 1.807) is 23.5 Å². The van der Waals surface area contributed by atoms with E-state index in [9.17, 15) is 29.4 Å². The summed E-state index contributed by atoms with van der Waals surface area (Å²) in [6, 6.07) is -1.32. The van der Waals surface area contributed by atoms with Gasteiger partial charge in [-0.1, -0.05) is 60.3 Å². The van der Waals surface area contributed by atoms with E-state index in [0.717, 1.165) is 51.4 Å². The van der Waals surface area contributed by atoms with Gasteiger partial charge in [-0.05, 0) is 56.3 Å². The van der Waals surface area contributed by atoms with Gasteiger partial charge in [0, 0.05) is 73.0 Å².